The summed E-state index contributed by atoms with van der Waals surface area (Å²) in [6, 6.07) is 17.1. The second-order valence-electron chi connectivity index (χ2n) is 6.87. The lowest BCUT2D eigenvalue weighted by atomic mass is 9.96. The molecule has 0 fully saturated rings. The molecule has 0 aliphatic carbocycles. The summed E-state index contributed by atoms with van der Waals surface area (Å²) in [7, 11) is -1.93. The molecule has 0 spiro atoms. The lowest BCUT2D eigenvalue weighted by molar-refractivity contribution is 0.299. The van der Waals surface area contributed by atoms with E-state index in [9.17, 15) is 8.42 Å². The van der Waals surface area contributed by atoms with Gasteiger partial charge >= 0.3 is 0 Å². The molecule has 138 valence electrons. The maximum atomic E-state index is 13.4. The quantitative estimate of drug-likeness (QED) is 0.779. The molecule has 2 aromatic carbocycles. The Balaban J connectivity index is 2.00. The van der Waals surface area contributed by atoms with Crippen LogP contribution in [0.25, 0.3) is 6.08 Å². The predicted molar refractivity (Wildman–Crippen MR) is 105 cm³/mol. The molecule has 0 bridgehead atoms. The fourth-order valence-corrected chi connectivity index (χ4v) is 5.09. The third-order valence-corrected chi connectivity index (χ3v) is 6.69. The topological polar surface area (TPSA) is 46.6 Å². The van der Waals surface area contributed by atoms with E-state index in [4.69, 9.17) is 4.74 Å². The van der Waals surface area contributed by atoms with Gasteiger partial charge in [0.2, 0.25) is 10.0 Å². The largest absolute Gasteiger partial charge is 0.493 e. The van der Waals surface area contributed by atoms with Crippen molar-refractivity contribution < 1.29 is 13.2 Å². The summed E-state index contributed by atoms with van der Waals surface area (Å²) < 4.78 is 34.0. The molecule has 1 aliphatic heterocycles. The molecule has 0 saturated carbocycles. The van der Waals surface area contributed by atoms with Gasteiger partial charge in [-0.2, -0.15) is 4.31 Å². The molecule has 1 aliphatic rings. The van der Waals surface area contributed by atoms with Crippen LogP contribution in [-0.2, 0) is 10.0 Å². The Morgan fingerprint density at radius 1 is 1.00 bits per heavy atom. The van der Waals surface area contributed by atoms with Gasteiger partial charge in [-0.3, -0.25) is 0 Å². The maximum Gasteiger partial charge on any atom is 0.239 e. The van der Waals surface area contributed by atoms with Gasteiger partial charge in [-0.25, -0.2) is 8.42 Å². The first-order chi connectivity index (χ1) is 12.4. The predicted octanol–water partition coefficient (Wildman–Crippen LogP) is 4.47. The van der Waals surface area contributed by atoms with Gasteiger partial charge in [-0.15, -0.1) is 0 Å². The number of nitrogens with zero attached hydrogens (tertiary/aromatic N) is 1. The van der Waals surface area contributed by atoms with Gasteiger partial charge in [0.15, 0.2) is 0 Å². The smallest absolute Gasteiger partial charge is 0.239 e. The highest BCUT2D eigenvalue weighted by Crippen LogP contribution is 2.35. The number of para-hydroxylation sites is 1. The lowest BCUT2D eigenvalue weighted by Gasteiger charge is -2.31. The van der Waals surface area contributed by atoms with Gasteiger partial charge in [0.1, 0.15) is 5.75 Å². The summed E-state index contributed by atoms with van der Waals surface area (Å²) in [6.07, 6.45) is 2.11. The zero-order valence-electron chi connectivity index (χ0n) is 15.4. The Bertz CT molecular complexity index is 888. The van der Waals surface area contributed by atoms with Crippen LogP contribution in [0.3, 0.4) is 0 Å². The van der Waals surface area contributed by atoms with Gasteiger partial charge in [0.25, 0.3) is 0 Å². The van der Waals surface area contributed by atoms with Crippen LogP contribution < -0.4 is 4.74 Å². The molecule has 0 radical (unpaired) electrons. The number of ether oxygens (including phenoxy) is 1. The molecule has 0 aromatic heterocycles. The van der Waals surface area contributed by atoms with E-state index in [-0.39, 0.29) is 12.0 Å². The van der Waals surface area contributed by atoms with E-state index >= 15 is 0 Å². The van der Waals surface area contributed by atoms with E-state index in [1.54, 1.807) is 13.1 Å². The maximum absolute atomic E-state index is 13.4. The Labute approximate surface area is 156 Å². The molecular weight excluding hydrogens is 346 g/mol. The van der Waals surface area contributed by atoms with Crippen molar-refractivity contribution in [2.75, 3.05) is 13.7 Å². The van der Waals surface area contributed by atoms with E-state index in [1.165, 1.54) is 4.31 Å². The molecule has 0 saturated heterocycles. The van der Waals surface area contributed by atoms with Gasteiger partial charge in [-0.1, -0.05) is 62.4 Å². The Morgan fingerprint density at radius 3 is 2.35 bits per heavy atom. The molecule has 1 atom stereocenters. The van der Waals surface area contributed by atoms with Crippen molar-refractivity contribution >= 4 is 16.1 Å². The van der Waals surface area contributed by atoms with E-state index in [0.717, 1.165) is 16.9 Å². The lowest BCUT2D eigenvalue weighted by Crippen LogP contribution is -2.35. The van der Waals surface area contributed by atoms with Crippen molar-refractivity contribution in [3.8, 4) is 5.75 Å². The van der Waals surface area contributed by atoms with Crippen LogP contribution in [0.5, 0.6) is 5.75 Å². The number of hydrogen-bond donors (Lipinski definition) is 0. The Kier molecular flexibility index (Phi) is 5.49. The molecule has 2 aromatic rings. The number of hydrogen-bond acceptors (Lipinski definition) is 3. The van der Waals surface area contributed by atoms with E-state index in [1.807, 2.05) is 68.4 Å². The van der Waals surface area contributed by atoms with E-state index in [2.05, 4.69) is 0 Å². The SMILES string of the molecule is CC(C)C(c1ccccc1)N(C)S(=O)(=O)C1=Cc2ccccc2OCC1. The molecule has 0 amide bonds. The highest BCUT2D eigenvalue weighted by Gasteiger charge is 2.33. The third-order valence-electron chi connectivity index (χ3n) is 4.72. The molecule has 4 nitrogen and oxygen atoms in total. The number of fused-ring (bicyclic) bond motifs is 1. The van der Waals surface area contributed by atoms with Crippen molar-refractivity contribution in [3.63, 3.8) is 0 Å². The van der Waals surface area contributed by atoms with Gasteiger partial charge in [-0.05, 0) is 23.6 Å². The average molecular weight is 372 g/mol. The van der Waals surface area contributed by atoms with Crippen LogP contribution in [0.2, 0.25) is 0 Å². The first-order valence-corrected chi connectivity index (χ1v) is 10.3. The summed E-state index contributed by atoms with van der Waals surface area (Å²) in [5, 5.41) is 0. The van der Waals surface area contributed by atoms with Crippen molar-refractivity contribution in [3.05, 3.63) is 70.6 Å². The summed E-state index contributed by atoms with van der Waals surface area (Å²) in [5.74, 6) is 0.871. The fourth-order valence-electron chi connectivity index (χ4n) is 3.44. The van der Waals surface area contributed by atoms with E-state index < -0.39 is 10.0 Å². The monoisotopic (exact) mass is 371 g/mol. The second-order valence-corrected chi connectivity index (χ2v) is 8.92. The molecule has 1 heterocycles. The zero-order chi connectivity index (χ0) is 18.7. The Morgan fingerprint density at radius 2 is 1.65 bits per heavy atom. The molecule has 1 unspecified atom stereocenters. The number of sulfonamides is 1. The molecule has 0 N–H and O–H groups in total. The molecule has 5 heteroatoms. The molecule has 3 rings (SSSR count). The normalized spacial score (nSPS) is 15.8. The summed E-state index contributed by atoms with van der Waals surface area (Å²) >= 11 is 0. The number of rotatable bonds is 5. The minimum Gasteiger partial charge on any atom is -0.493 e. The Hall–Kier alpha value is -2.11. The summed E-state index contributed by atoms with van der Waals surface area (Å²) in [5.41, 5.74) is 1.80. The van der Waals surface area contributed by atoms with Crippen molar-refractivity contribution in [2.45, 2.75) is 26.3 Å². The highest BCUT2D eigenvalue weighted by molar-refractivity contribution is 7.93. The van der Waals surface area contributed by atoms with Crippen LogP contribution in [0, 0.1) is 5.92 Å². The fraction of sp³-hybridized carbons (Fsp3) is 0.333. The number of benzene rings is 2. The van der Waals surface area contributed by atoms with Crippen molar-refractivity contribution in [2.24, 2.45) is 5.92 Å². The summed E-state index contributed by atoms with van der Waals surface area (Å²) in [6.45, 7) is 4.45. The minimum absolute atomic E-state index is 0.145. The highest BCUT2D eigenvalue weighted by atomic mass is 32.2. The minimum atomic E-state index is -3.61. The van der Waals surface area contributed by atoms with Gasteiger partial charge < -0.3 is 4.74 Å². The first kappa shape index (κ1) is 18.7. The average Bonchev–Trinajstić information content (AvgIpc) is 2.85. The van der Waals surface area contributed by atoms with Crippen LogP contribution in [0.1, 0.15) is 37.4 Å². The van der Waals surface area contributed by atoms with Crippen LogP contribution in [0.15, 0.2) is 59.5 Å². The molecular formula is C21H25NO3S. The first-order valence-electron chi connectivity index (χ1n) is 8.86. The zero-order valence-corrected chi connectivity index (χ0v) is 16.2. The van der Waals surface area contributed by atoms with Crippen LogP contribution in [-0.4, -0.2) is 26.4 Å². The van der Waals surface area contributed by atoms with Crippen LogP contribution >= 0.6 is 0 Å². The van der Waals surface area contributed by atoms with Crippen molar-refractivity contribution in [1.29, 1.82) is 0 Å². The standard InChI is InChI=1S/C21H25NO3S/c1-16(2)21(17-9-5-4-6-10-17)22(3)26(23,24)19-13-14-25-20-12-8-7-11-18(20)15-19/h4-12,15-16,21H,13-14H2,1-3H3. The third kappa shape index (κ3) is 3.69. The van der Waals surface area contributed by atoms with E-state index in [0.29, 0.717) is 17.9 Å². The molecule has 26 heavy (non-hydrogen) atoms. The van der Waals surface area contributed by atoms with Gasteiger partial charge in [0, 0.05) is 19.0 Å². The summed E-state index contributed by atoms with van der Waals surface area (Å²) in [4.78, 5) is 0.395. The van der Waals surface area contributed by atoms with Crippen LogP contribution in [0.4, 0.5) is 0 Å². The van der Waals surface area contributed by atoms with Crippen molar-refractivity contribution in [1.82, 2.24) is 4.31 Å². The second kappa shape index (κ2) is 7.64. The van der Waals surface area contributed by atoms with Gasteiger partial charge in [0.05, 0.1) is 17.6 Å².